The van der Waals surface area contributed by atoms with E-state index in [4.69, 9.17) is 4.98 Å². The molecule has 2 aliphatic rings. The number of para-hydroxylation sites is 2. The van der Waals surface area contributed by atoms with E-state index in [9.17, 15) is 0 Å². The van der Waals surface area contributed by atoms with E-state index in [0.29, 0.717) is 0 Å². The molecule has 2 heteroatoms. The van der Waals surface area contributed by atoms with Gasteiger partial charge >= 0.3 is 0 Å². The average molecular weight is 761 g/mol. The van der Waals surface area contributed by atoms with Crippen LogP contribution in [0.25, 0.3) is 94.2 Å². The molecule has 2 aliphatic carbocycles. The molecule has 2 heterocycles. The van der Waals surface area contributed by atoms with Crippen molar-refractivity contribution in [2.75, 3.05) is 0 Å². The van der Waals surface area contributed by atoms with Crippen molar-refractivity contribution in [2.24, 2.45) is 0 Å². The first-order valence-electron chi connectivity index (χ1n) is 20.8. The van der Waals surface area contributed by atoms with Crippen LogP contribution in [0.3, 0.4) is 0 Å². The van der Waals surface area contributed by atoms with Crippen LogP contribution in [0, 0.1) is 0 Å². The summed E-state index contributed by atoms with van der Waals surface area (Å²) in [6.45, 7) is 0. The maximum Gasteiger partial charge on any atom is 0.0731 e. The lowest BCUT2D eigenvalue weighted by Crippen LogP contribution is -2.26. The lowest BCUT2D eigenvalue weighted by Gasteiger charge is -2.31. The van der Waals surface area contributed by atoms with Gasteiger partial charge in [0.2, 0.25) is 0 Å². The van der Waals surface area contributed by atoms with Crippen LogP contribution in [-0.2, 0) is 5.41 Å². The molecule has 0 bridgehead atoms. The second kappa shape index (κ2) is 12.6. The summed E-state index contributed by atoms with van der Waals surface area (Å²) in [6.07, 6.45) is 0. The Kier molecular flexibility index (Phi) is 6.97. The fourth-order valence-electron chi connectivity index (χ4n) is 10.8. The molecular formula is C58H36N2. The predicted octanol–water partition coefficient (Wildman–Crippen LogP) is 14.7. The normalized spacial score (nSPS) is 13.1. The van der Waals surface area contributed by atoms with Crippen LogP contribution < -0.4 is 0 Å². The van der Waals surface area contributed by atoms with Crippen molar-refractivity contribution in [1.82, 2.24) is 9.55 Å². The molecule has 0 saturated carbocycles. The summed E-state index contributed by atoms with van der Waals surface area (Å²) in [5, 5.41) is 5.02. The van der Waals surface area contributed by atoms with Crippen LogP contribution in [0.2, 0.25) is 0 Å². The van der Waals surface area contributed by atoms with E-state index in [2.05, 4.69) is 223 Å². The summed E-state index contributed by atoms with van der Waals surface area (Å²) in [7, 11) is 0. The number of nitrogens with zero attached hydrogens (tertiary/aromatic N) is 2. The van der Waals surface area contributed by atoms with Gasteiger partial charge in [0, 0.05) is 27.6 Å². The quantitative estimate of drug-likeness (QED) is 0.175. The third-order valence-electron chi connectivity index (χ3n) is 13.2. The van der Waals surface area contributed by atoms with E-state index in [-0.39, 0.29) is 0 Å². The maximum atomic E-state index is 5.47. The zero-order valence-corrected chi connectivity index (χ0v) is 32.7. The summed E-state index contributed by atoms with van der Waals surface area (Å²) < 4.78 is 2.39. The summed E-state index contributed by atoms with van der Waals surface area (Å²) in [6, 6.07) is 80.3. The number of pyridine rings is 1. The maximum absolute atomic E-state index is 5.47. The highest BCUT2D eigenvalue weighted by Crippen LogP contribution is 2.65. The summed E-state index contributed by atoms with van der Waals surface area (Å²) in [5.74, 6) is 0. The standard InChI is InChI=1S/C58H36N2/c1-2-17-37(18-3-1)52-35-40(36-53(59-52)39-20-16-21-41(33-39)60-54-31-14-9-25-45(54)46-26-10-15-32-55(46)60)48-34-38-19-4-5-22-42(38)57-56(48)47-27-8-13-30-51(47)58(57)49-28-11-6-23-43(49)44-24-7-12-29-50(44)58/h1-36H. The van der Waals surface area contributed by atoms with Crippen molar-refractivity contribution in [2.45, 2.75) is 5.41 Å². The Morgan fingerprint density at radius 3 is 1.55 bits per heavy atom. The van der Waals surface area contributed by atoms with Gasteiger partial charge in [-0.3, -0.25) is 0 Å². The largest absolute Gasteiger partial charge is 0.309 e. The minimum atomic E-state index is -0.469. The Balaban J connectivity index is 1.11. The van der Waals surface area contributed by atoms with Gasteiger partial charge in [-0.15, -0.1) is 0 Å². The SMILES string of the molecule is c1ccc(-c2cc(-c3cc4ccccc4c4c3-c3ccccc3C43c4ccccc4-c4ccccc43)cc(-c3cccc(-n4c5ccccc5c5ccccc54)c3)n2)cc1. The fraction of sp³-hybridized carbons (Fsp3) is 0.0172. The highest BCUT2D eigenvalue weighted by atomic mass is 15.0. The minimum Gasteiger partial charge on any atom is -0.309 e. The van der Waals surface area contributed by atoms with E-state index in [1.807, 2.05) is 0 Å². The predicted molar refractivity (Wildman–Crippen MR) is 249 cm³/mol. The molecule has 13 rings (SSSR count). The molecule has 60 heavy (non-hydrogen) atoms. The molecule has 0 N–H and O–H groups in total. The molecule has 9 aromatic carbocycles. The first-order chi connectivity index (χ1) is 29.8. The Bertz CT molecular complexity index is 3450. The first-order valence-corrected chi connectivity index (χ1v) is 20.8. The van der Waals surface area contributed by atoms with Crippen LogP contribution in [0.1, 0.15) is 22.3 Å². The van der Waals surface area contributed by atoms with Gasteiger partial charge in [-0.2, -0.15) is 0 Å². The molecule has 278 valence electrons. The molecular weight excluding hydrogens is 725 g/mol. The highest BCUT2D eigenvalue weighted by Gasteiger charge is 2.53. The number of benzene rings is 9. The fourth-order valence-corrected chi connectivity index (χ4v) is 10.8. The molecule has 1 spiro atoms. The minimum absolute atomic E-state index is 0.469. The monoisotopic (exact) mass is 760 g/mol. The molecule has 0 unspecified atom stereocenters. The van der Waals surface area contributed by atoms with Crippen molar-refractivity contribution >= 4 is 32.6 Å². The number of rotatable bonds is 4. The molecule has 0 aliphatic heterocycles. The van der Waals surface area contributed by atoms with Crippen LogP contribution in [0.5, 0.6) is 0 Å². The topological polar surface area (TPSA) is 17.8 Å². The van der Waals surface area contributed by atoms with Crippen molar-refractivity contribution in [1.29, 1.82) is 0 Å². The second-order valence-electron chi connectivity index (χ2n) is 16.2. The van der Waals surface area contributed by atoms with Crippen LogP contribution in [-0.4, -0.2) is 9.55 Å². The second-order valence-corrected chi connectivity index (χ2v) is 16.2. The van der Waals surface area contributed by atoms with Crippen molar-refractivity contribution in [3.8, 4) is 61.6 Å². The Hall–Kier alpha value is -7.81. The van der Waals surface area contributed by atoms with Gasteiger partial charge in [0.15, 0.2) is 0 Å². The van der Waals surface area contributed by atoms with Crippen molar-refractivity contribution in [3.63, 3.8) is 0 Å². The van der Waals surface area contributed by atoms with Gasteiger partial charge in [0.1, 0.15) is 0 Å². The molecule has 2 nitrogen and oxygen atoms in total. The zero-order valence-electron chi connectivity index (χ0n) is 32.7. The van der Waals surface area contributed by atoms with Crippen molar-refractivity contribution < 1.29 is 0 Å². The number of hydrogen-bond donors (Lipinski definition) is 0. The number of fused-ring (bicyclic) bond motifs is 15. The molecule has 0 atom stereocenters. The van der Waals surface area contributed by atoms with Gasteiger partial charge in [0.25, 0.3) is 0 Å². The smallest absolute Gasteiger partial charge is 0.0731 e. The van der Waals surface area contributed by atoms with Gasteiger partial charge in [0.05, 0.1) is 27.8 Å². The molecule has 0 amide bonds. The third kappa shape index (κ3) is 4.50. The summed E-state index contributed by atoms with van der Waals surface area (Å²) >= 11 is 0. The Morgan fingerprint density at radius 2 is 0.867 bits per heavy atom. The van der Waals surface area contributed by atoms with Gasteiger partial charge in [-0.05, 0) is 109 Å². The van der Waals surface area contributed by atoms with Crippen molar-refractivity contribution in [3.05, 3.63) is 241 Å². The van der Waals surface area contributed by atoms with E-state index in [1.165, 1.54) is 82.6 Å². The van der Waals surface area contributed by atoms with E-state index >= 15 is 0 Å². The number of hydrogen-bond acceptors (Lipinski definition) is 1. The average Bonchev–Trinajstić information content (AvgIpc) is 3.94. The van der Waals surface area contributed by atoms with Crippen LogP contribution in [0.4, 0.5) is 0 Å². The third-order valence-corrected chi connectivity index (χ3v) is 13.2. The summed E-state index contributed by atoms with van der Waals surface area (Å²) in [4.78, 5) is 5.47. The van der Waals surface area contributed by atoms with Crippen LogP contribution in [0.15, 0.2) is 218 Å². The van der Waals surface area contributed by atoms with Crippen LogP contribution >= 0.6 is 0 Å². The van der Waals surface area contributed by atoms with E-state index < -0.39 is 5.41 Å². The molecule has 0 radical (unpaired) electrons. The van der Waals surface area contributed by atoms with Gasteiger partial charge in [-0.25, -0.2) is 4.98 Å². The molecule has 0 fully saturated rings. The van der Waals surface area contributed by atoms with Gasteiger partial charge < -0.3 is 4.57 Å². The first kappa shape index (κ1) is 33.2. The number of aromatic nitrogens is 2. The lowest BCUT2D eigenvalue weighted by molar-refractivity contribution is 0.801. The van der Waals surface area contributed by atoms with E-state index in [0.717, 1.165) is 33.8 Å². The molecule has 2 aromatic heterocycles. The molecule has 11 aromatic rings. The summed E-state index contributed by atoms with van der Waals surface area (Å²) in [5.41, 5.74) is 20.0. The highest BCUT2D eigenvalue weighted by molar-refractivity contribution is 6.10. The zero-order chi connectivity index (χ0) is 39.4. The Labute approximate surface area is 348 Å². The van der Waals surface area contributed by atoms with Gasteiger partial charge in [-0.1, -0.05) is 176 Å². The van der Waals surface area contributed by atoms with E-state index in [1.54, 1.807) is 0 Å². The lowest BCUT2D eigenvalue weighted by atomic mass is 9.69. The molecule has 0 saturated heterocycles. The Morgan fingerprint density at radius 1 is 0.350 bits per heavy atom.